The molecule has 86 valence electrons. The molecule has 5 nitrogen and oxygen atoms in total. The Hall–Kier alpha value is -1.88. The second kappa shape index (κ2) is 5.27. The molecule has 1 aromatic rings. The van der Waals surface area contributed by atoms with Crippen molar-refractivity contribution in [1.29, 1.82) is 0 Å². The van der Waals surface area contributed by atoms with Gasteiger partial charge in [-0.05, 0) is 31.2 Å². The van der Waals surface area contributed by atoms with Crippen molar-refractivity contribution in [3.63, 3.8) is 0 Å². The van der Waals surface area contributed by atoms with E-state index in [0.29, 0.717) is 11.3 Å². The van der Waals surface area contributed by atoms with Gasteiger partial charge in [0.1, 0.15) is 0 Å². The molecule has 1 amide bonds. The number of methoxy groups -OCH3 is 1. The van der Waals surface area contributed by atoms with E-state index in [1.165, 1.54) is 7.11 Å². The Labute approximate surface area is 93.6 Å². The van der Waals surface area contributed by atoms with Crippen LogP contribution in [0.15, 0.2) is 24.3 Å². The van der Waals surface area contributed by atoms with Crippen molar-refractivity contribution in [2.24, 2.45) is 5.73 Å². The minimum Gasteiger partial charge on any atom is -0.465 e. The maximum Gasteiger partial charge on any atom is 0.337 e. The van der Waals surface area contributed by atoms with E-state index in [-0.39, 0.29) is 5.91 Å². The number of nitrogens with two attached hydrogens (primary N) is 1. The first-order valence-electron chi connectivity index (χ1n) is 4.79. The quantitative estimate of drug-likeness (QED) is 0.740. The van der Waals surface area contributed by atoms with Crippen molar-refractivity contribution in [1.82, 2.24) is 0 Å². The molecule has 0 aliphatic rings. The van der Waals surface area contributed by atoms with E-state index in [4.69, 9.17) is 5.73 Å². The van der Waals surface area contributed by atoms with Crippen LogP contribution in [-0.4, -0.2) is 25.0 Å². The number of ether oxygens (including phenoxy) is 1. The fraction of sp³-hybridized carbons (Fsp3) is 0.273. The largest absolute Gasteiger partial charge is 0.465 e. The van der Waals surface area contributed by atoms with E-state index >= 15 is 0 Å². The van der Waals surface area contributed by atoms with E-state index in [9.17, 15) is 9.59 Å². The van der Waals surface area contributed by atoms with E-state index in [1.54, 1.807) is 31.2 Å². The average molecular weight is 222 g/mol. The standard InChI is InChI=1S/C11H14N2O3/c1-7(12)10(14)13-9-5-3-8(4-6-9)11(15)16-2/h3-7H,12H2,1-2H3,(H,13,14). The molecule has 0 heterocycles. The first kappa shape index (κ1) is 12.2. The lowest BCUT2D eigenvalue weighted by Crippen LogP contribution is -2.32. The summed E-state index contributed by atoms with van der Waals surface area (Å²) in [5.41, 5.74) is 6.42. The molecule has 1 atom stereocenters. The van der Waals surface area contributed by atoms with Crippen LogP contribution in [0, 0.1) is 0 Å². The van der Waals surface area contributed by atoms with Gasteiger partial charge in [0.05, 0.1) is 18.7 Å². The van der Waals surface area contributed by atoms with Crippen molar-refractivity contribution in [2.45, 2.75) is 13.0 Å². The number of esters is 1. The molecular formula is C11H14N2O3. The highest BCUT2D eigenvalue weighted by atomic mass is 16.5. The van der Waals surface area contributed by atoms with E-state index in [2.05, 4.69) is 10.1 Å². The molecule has 0 aromatic heterocycles. The number of anilines is 1. The number of hydrogen-bond donors (Lipinski definition) is 2. The molecule has 0 aliphatic heterocycles. The number of carbonyl (C=O) groups excluding carboxylic acids is 2. The Morgan fingerprint density at radius 1 is 1.31 bits per heavy atom. The summed E-state index contributed by atoms with van der Waals surface area (Å²) in [6, 6.07) is 5.81. The molecule has 0 bridgehead atoms. The number of nitrogens with one attached hydrogen (secondary N) is 1. The topological polar surface area (TPSA) is 81.4 Å². The number of benzene rings is 1. The molecule has 3 N–H and O–H groups in total. The van der Waals surface area contributed by atoms with Crippen LogP contribution in [-0.2, 0) is 9.53 Å². The van der Waals surface area contributed by atoms with Gasteiger partial charge in [-0.3, -0.25) is 4.79 Å². The van der Waals surface area contributed by atoms with E-state index < -0.39 is 12.0 Å². The van der Waals surface area contributed by atoms with E-state index in [1.807, 2.05) is 0 Å². The second-order valence-corrected chi connectivity index (χ2v) is 3.35. The van der Waals surface area contributed by atoms with Crippen LogP contribution in [0.1, 0.15) is 17.3 Å². The van der Waals surface area contributed by atoms with Crippen LogP contribution >= 0.6 is 0 Å². The Kier molecular flexibility index (Phi) is 4.02. The first-order chi connectivity index (χ1) is 7.54. The first-order valence-corrected chi connectivity index (χ1v) is 4.79. The maximum atomic E-state index is 11.3. The molecule has 16 heavy (non-hydrogen) atoms. The predicted octanol–water partition coefficient (Wildman–Crippen LogP) is 0.759. The summed E-state index contributed by atoms with van der Waals surface area (Å²) in [4.78, 5) is 22.4. The van der Waals surface area contributed by atoms with Crippen molar-refractivity contribution >= 4 is 17.6 Å². The van der Waals surface area contributed by atoms with Crippen molar-refractivity contribution in [3.8, 4) is 0 Å². The molecule has 1 aromatic carbocycles. The summed E-state index contributed by atoms with van der Waals surface area (Å²) >= 11 is 0. The zero-order valence-corrected chi connectivity index (χ0v) is 9.19. The van der Waals surface area contributed by atoms with Gasteiger partial charge in [0.25, 0.3) is 0 Å². The molecular weight excluding hydrogens is 208 g/mol. The van der Waals surface area contributed by atoms with Gasteiger partial charge in [-0.15, -0.1) is 0 Å². The van der Waals surface area contributed by atoms with Crippen LogP contribution < -0.4 is 11.1 Å². The summed E-state index contributed by atoms with van der Waals surface area (Å²) in [7, 11) is 1.31. The fourth-order valence-electron chi connectivity index (χ4n) is 1.06. The lowest BCUT2D eigenvalue weighted by atomic mass is 10.2. The molecule has 1 rings (SSSR count). The lowest BCUT2D eigenvalue weighted by molar-refractivity contribution is -0.117. The average Bonchev–Trinajstić information content (AvgIpc) is 2.28. The van der Waals surface area contributed by atoms with Crippen LogP contribution in [0.5, 0.6) is 0 Å². The molecule has 0 saturated heterocycles. The monoisotopic (exact) mass is 222 g/mol. The third kappa shape index (κ3) is 3.06. The van der Waals surface area contributed by atoms with Crippen molar-refractivity contribution in [3.05, 3.63) is 29.8 Å². The zero-order chi connectivity index (χ0) is 12.1. The van der Waals surface area contributed by atoms with Crippen molar-refractivity contribution in [2.75, 3.05) is 12.4 Å². The Morgan fingerprint density at radius 2 is 1.88 bits per heavy atom. The zero-order valence-electron chi connectivity index (χ0n) is 9.19. The normalized spacial score (nSPS) is 11.7. The summed E-state index contributed by atoms with van der Waals surface area (Å²) in [5.74, 6) is -0.684. The second-order valence-electron chi connectivity index (χ2n) is 3.35. The Balaban J connectivity index is 2.72. The summed E-state index contributed by atoms with van der Waals surface area (Å²) in [5, 5.41) is 2.61. The van der Waals surface area contributed by atoms with Gasteiger partial charge in [-0.25, -0.2) is 4.79 Å². The van der Waals surface area contributed by atoms with Gasteiger partial charge in [0.2, 0.25) is 5.91 Å². The van der Waals surface area contributed by atoms with E-state index in [0.717, 1.165) is 0 Å². The van der Waals surface area contributed by atoms with Gasteiger partial charge >= 0.3 is 5.97 Å². The number of hydrogen-bond acceptors (Lipinski definition) is 4. The Bertz CT molecular complexity index is 385. The van der Waals surface area contributed by atoms with Crippen LogP contribution in [0.3, 0.4) is 0 Å². The van der Waals surface area contributed by atoms with Gasteiger partial charge in [-0.2, -0.15) is 0 Å². The fourth-order valence-corrected chi connectivity index (χ4v) is 1.06. The maximum absolute atomic E-state index is 11.3. The summed E-state index contributed by atoms with van der Waals surface area (Å²) in [6.07, 6.45) is 0. The van der Waals surface area contributed by atoms with Gasteiger partial charge in [0.15, 0.2) is 0 Å². The smallest absolute Gasteiger partial charge is 0.337 e. The molecule has 0 spiro atoms. The Morgan fingerprint density at radius 3 is 2.31 bits per heavy atom. The lowest BCUT2D eigenvalue weighted by Gasteiger charge is -2.07. The minimum absolute atomic E-state index is 0.272. The molecule has 1 unspecified atom stereocenters. The van der Waals surface area contributed by atoms with Gasteiger partial charge in [-0.1, -0.05) is 0 Å². The van der Waals surface area contributed by atoms with Crippen molar-refractivity contribution < 1.29 is 14.3 Å². The third-order valence-electron chi connectivity index (χ3n) is 1.99. The molecule has 0 fully saturated rings. The molecule has 0 aliphatic carbocycles. The minimum atomic E-state index is -0.569. The number of rotatable bonds is 3. The van der Waals surface area contributed by atoms with Crippen LogP contribution in [0.25, 0.3) is 0 Å². The highest BCUT2D eigenvalue weighted by Gasteiger charge is 2.08. The highest BCUT2D eigenvalue weighted by Crippen LogP contribution is 2.10. The van der Waals surface area contributed by atoms with Crippen LogP contribution in [0.2, 0.25) is 0 Å². The third-order valence-corrected chi connectivity index (χ3v) is 1.99. The number of amides is 1. The summed E-state index contributed by atoms with van der Waals surface area (Å²) < 4.78 is 4.55. The summed E-state index contributed by atoms with van der Waals surface area (Å²) in [6.45, 7) is 1.60. The SMILES string of the molecule is COC(=O)c1ccc(NC(=O)C(C)N)cc1. The van der Waals surface area contributed by atoms with Crippen LogP contribution in [0.4, 0.5) is 5.69 Å². The molecule has 0 radical (unpaired) electrons. The number of carbonyl (C=O) groups is 2. The molecule has 5 heteroatoms. The van der Waals surface area contributed by atoms with Gasteiger partial charge < -0.3 is 15.8 Å². The highest BCUT2D eigenvalue weighted by molar-refractivity contribution is 5.95. The van der Waals surface area contributed by atoms with Gasteiger partial charge in [0, 0.05) is 5.69 Å². The molecule has 0 saturated carbocycles. The predicted molar refractivity (Wildman–Crippen MR) is 60.1 cm³/mol.